The normalized spacial score (nSPS) is 27.2. The molecule has 1 aromatic rings. The van der Waals surface area contributed by atoms with Crippen LogP contribution in [0.5, 0.6) is 0 Å². The number of fused-ring (bicyclic) bond motifs is 1. The van der Waals surface area contributed by atoms with Gasteiger partial charge in [-0.2, -0.15) is 0 Å². The zero-order chi connectivity index (χ0) is 13.2. The van der Waals surface area contributed by atoms with Gasteiger partial charge in [0.2, 0.25) is 0 Å². The summed E-state index contributed by atoms with van der Waals surface area (Å²) in [4.78, 5) is 11.6. The molecule has 1 fully saturated rings. The molecule has 4 nitrogen and oxygen atoms in total. The minimum atomic E-state index is 0.573. The average Bonchev–Trinajstić information content (AvgIpc) is 2.47. The molecular weight excluding hydrogens is 236 g/mol. The Balaban J connectivity index is 1.92. The van der Waals surface area contributed by atoms with Crippen molar-refractivity contribution in [3.8, 4) is 0 Å². The summed E-state index contributed by atoms with van der Waals surface area (Å²) < 4.78 is 0. The van der Waals surface area contributed by atoms with E-state index in [1.807, 2.05) is 0 Å². The van der Waals surface area contributed by atoms with E-state index in [1.54, 1.807) is 6.33 Å². The summed E-state index contributed by atoms with van der Waals surface area (Å²) in [6.45, 7) is 4.15. The summed E-state index contributed by atoms with van der Waals surface area (Å²) in [6, 6.07) is 0.573. The Labute approximate surface area is 115 Å². The van der Waals surface area contributed by atoms with Crippen molar-refractivity contribution >= 4 is 5.82 Å². The second kappa shape index (κ2) is 5.45. The summed E-state index contributed by atoms with van der Waals surface area (Å²) in [7, 11) is 0. The molecule has 0 aromatic carbocycles. The van der Waals surface area contributed by atoms with Crippen LogP contribution in [-0.2, 0) is 12.8 Å². The van der Waals surface area contributed by atoms with Gasteiger partial charge in [-0.15, -0.1) is 0 Å². The Morgan fingerprint density at radius 3 is 2.95 bits per heavy atom. The highest BCUT2D eigenvalue weighted by Crippen LogP contribution is 2.32. The van der Waals surface area contributed by atoms with Gasteiger partial charge in [0, 0.05) is 23.8 Å². The molecule has 0 radical (unpaired) electrons. The van der Waals surface area contributed by atoms with Gasteiger partial charge in [-0.1, -0.05) is 0 Å². The minimum Gasteiger partial charge on any atom is -0.353 e. The fourth-order valence-corrected chi connectivity index (χ4v) is 3.42. The average molecular weight is 260 g/mol. The highest BCUT2D eigenvalue weighted by atomic mass is 15.2. The zero-order valence-electron chi connectivity index (χ0n) is 11.8. The number of nitrogens with two attached hydrogens (primary N) is 1. The molecule has 19 heavy (non-hydrogen) atoms. The molecule has 3 rings (SSSR count). The molecule has 0 spiro atoms. The Morgan fingerprint density at radius 1 is 1.26 bits per heavy atom. The van der Waals surface area contributed by atoms with E-state index in [0.29, 0.717) is 12.0 Å². The van der Waals surface area contributed by atoms with E-state index in [2.05, 4.69) is 21.8 Å². The number of nitrogens with zero attached hydrogens (tertiary/aromatic N) is 3. The first-order valence-electron chi connectivity index (χ1n) is 7.59. The molecule has 2 N–H and O–H groups in total. The summed E-state index contributed by atoms with van der Waals surface area (Å²) in [5, 5.41) is 0. The van der Waals surface area contributed by atoms with Gasteiger partial charge in [0.05, 0.1) is 0 Å². The molecule has 2 heterocycles. The van der Waals surface area contributed by atoms with E-state index in [0.717, 1.165) is 25.9 Å². The Hall–Kier alpha value is -1.16. The van der Waals surface area contributed by atoms with Gasteiger partial charge in [-0.05, 0) is 57.9 Å². The third-order valence-corrected chi connectivity index (χ3v) is 4.69. The zero-order valence-corrected chi connectivity index (χ0v) is 11.8. The maximum Gasteiger partial charge on any atom is 0.135 e. The van der Waals surface area contributed by atoms with Crippen molar-refractivity contribution in [2.24, 2.45) is 11.7 Å². The molecule has 2 aliphatic rings. The highest BCUT2D eigenvalue weighted by molar-refractivity contribution is 5.50. The second-order valence-corrected chi connectivity index (χ2v) is 6.01. The lowest BCUT2D eigenvalue weighted by molar-refractivity contribution is 0.370. The van der Waals surface area contributed by atoms with E-state index in [4.69, 9.17) is 5.73 Å². The van der Waals surface area contributed by atoms with Crippen molar-refractivity contribution in [1.82, 2.24) is 9.97 Å². The molecule has 0 amide bonds. The number of piperidine rings is 1. The van der Waals surface area contributed by atoms with Crippen LogP contribution in [0.25, 0.3) is 0 Å². The van der Waals surface area contributed by atoms with Gasteiger partial charge in [0.1, 0.15) is 12.1 Å². The first-order valence-corrected chi connectivity index (χ1v) is 7.59. The minimum absolute atomic E-state index is 0.573. The molecule has 1 aliphatic heterocycles. The smallest absolute Gasteiger partial charge is 0.135 e. The number of aromatic nitrogens is 2. The van der Waals surface area contributed by atoms with Gasteiger partial charge >= 0.3 is 0 Å². The fraction of sp³-hybridized carbons (Fsp3) is 0.733. The summed E-state index contributed by atoms with van der Waals surface area (Å²) in [5.41, 5.74) is 8.54. The Kier molecular flexibility index (Phi) is 3.69. The van der Waals surface area contributed by atoms with Gasteiger partial charge in [-0.25, -0.2) is 9.97 Å². The SMILES string of the molecule is CC1CCC(CN)CN1c1ncnc2c1CCCC2. The van der Waals surface area contributed by atoms with Crippen LogP contribution in [0.2, 0.25) is 0 Å². The van der Waals surface area contributed by atoms with Crippen LogP contribution >= 0.6 is 0 Å². The van der Waals surface area contributed by atoms with E-state index < -0.39 is 0 Å². The number of hydrogen-bond acceptors (Lipinski definition) is 4. The highest BCUT2D eigenvalue weighted by Gasteiger charge is 2.28. The lowest BCUT2D eigenvalue weighted by Gasteiger charge is -2.40. The Bertz CT molecular complexity index is 446. The topological polar surface area (TPSA) is 55.0 Å². The van der Waals surface area contributed by atoms with Gasteiger partial charge in [0.15, 0.2) is 0 Å². The number of anilines is 1. The van der Waals surface area contributed by atoms with Crippen LogP contribution in [0.1, 0.15) is 43.9 Å². The summed E-state index contributed by atoms with van der Waals surface area (Å²) >= 11 is 0. The standard InChI is InChI=1S/C15H24N4/c1-11-6-7-12(8-16)9-19(11)15-13-4-2-3-5-14(13)17-10-18-15/h10-12H,2-9,16H2,1H3. The van der Waals surface area contributed by atoms with Crippen LogP contribution < -0.4 is 10.6 Å². The molecule has 0 bridgehead atoms. The van der Waals surface area contributed by atoms with Crippen molar-refractivity contribution in [3.05, 3.63) is 17.6 Å². The molecule has 1 saturated heterocycles. The monoisotopic (exact) mass is 260 g/mol. The van der Waals surface area contributed by atoms with Crippen molar-refractivity contribution < 1.29 is 0 Å². The number of rotatable bonds is 2. The first kappa shape index (κ1) is 12.9. The van der Waals surface area contributed by atoms with Crippen LogP contribution in [0.3, 0.4) is 0 Å². The van der Waals surface area contributed by atoms with E-state index in [1.165, 1.54) is 42.8 Å². The van der Waals surface area contributed by atoms with Crippen molar-refractivity contribution in [3.63, 3.8) is 0 Å². The molecule has 1 aromatic heterocycles. The van der Waals surface area contributed by atoms with E-state index >= 15 is 0 Å². The van der Waals surface area contributed by atoms with Crippen molar-refractivity contribution in [2.75, 3.05) is 18.0 Å². The van der Waals surface area contributed by atoms with Crippen LogP contribution in [0.4, 0.5) is 5.82 Å². The summed E-state index contributed by atoms with van der Waals surface area (Å²) in [5.74, 6) is 1.81. The quantitative estimate of drug-likeness (QED) is 0.882. The largest absolute Gasteiger partial charge is 0.353 e. The molecule has 2 unspecified atom stereocenters. The lowest BCUT2D eigenvalue weighted by atomic mass is 9.91. The first-order chi connectivity index (χ1) is 9.29. The third-order valence-electron chi connectivity index (χ3n) is 4.69. The predicted octanol–water partition coefficient (Wildman–Crippen LogP) is 1.92. The molecular formula is C15H24N4. The predicted molar refractivity (Wildman–Crippen MR) is 77.3 cm³/mol. The van der Waals surface area contributed by atoms with E-state index in [9.17, 15) is 0 Å². The van der Waals surface area contributed by atoms with Crippen molar-refractivity contribution in [1.29, 1.82) is 0 Å². The third kappa shape index (κ3) is 2.46. The number of hydrogen-bond donors (Lipinski definition) is 1. The van der Waals surface area contributed by atoms with Crippen LogP contribution in [0, 0.1) is 5.92 Å². The number of aryl methyl sites for hydroxylation is 1. The van der Waals surface area contributed by atoms with Gasteiger partial charge in [-0.3, -0.25) is 0 Å². The molecule has 1 aliphatic carbocycles. The van der Waals surface area contributed by atoms with Crippen molar-refractivity contribution in [2.45, 2.75) is 51.5 Å². The lowest BCUT2D eigenvalue weighted by Crippen LogP contribution is -2.45. The molecule has 2 atom stereocenters. The molecule has 4 heteroatoms. The van der Waals surface area contributed by atoms with Crippen LogP contribution in [0.15, 0.2) is 6.33 Å². The van der Waals surface area contributed by atoms with Crippen LogP contribution in [-0.4, -0.2) is 29.1 Å². The fourth-order valence-electron chi connectivity index (χ4n) is 3.42. The summed E-state index contributed by atoms with van der Waals surface area (Å²) in [6.07, 6.45) is 9.02. The van der Waals surface area contributed by atoms with Gasteiger partial charge in [0.25, 0.3) is 0 Å². The Morgan fingerprint density at radius 2 is 2.11 bits per heavy atom. The van der Waals surface area contributed by atoms with Gasteiger partial charge < -0.3 is 10.6 Å². The van der Waals surface area contributed by atoms with E-state index in [-0.39, 0.29) is 0 Å². The maximum atomic E-state index is 5.87. The molecule has 104 valence electrons. The second-order valence-electron chi connectivity index (χ2n) is 6.01. The maximum absolute atomic E-state index is 5.87. The molecule has 0 saturated carbocycles.